The maximum atomic E-state index is 10.4. The second-order valence-corrected chi connectivity index (χ2v) is 5.14. The molecule has 0 saturated carbocycles. The van der Waals surface area contributed by atoms with Crippen molar-refractivity contribution in [2.75, 3.05) is 28.4 Å². The van der Waals surface area contributed by atoms with Gasteiger partial charge >= 0.3 is 35.8 Å². The predicted molar refractivity (Wildman–Crippen MR) is 95.6 cm³/mol. The molecule has 0 amide bonds. The number of carbonyl (C=O) groups excluding carboxylic acids is 4. The van der Waals surface area contributed by atoms with Crippen molar-refractivity contribution in [1.82, 2.24) is 0 Å². The van der Waals surface area contributed by atoms with Crippen LogP contribution in [0.5, 0.6) is 0 Å². The van der Waals surface area contributed by atoms with Gasteiger partial charge in [-0.1, -0.05) is 6.92 Å². The summed E-state index contributed by atoms with van der Waals surface area (Å²) in [4.78, 5) is 61.4. The molecule has 1 atom stereocenters. The standard InChI is InChI=1S/2C6H10O4.C5H8O4/c2*1-9-5(7)3-4-6(8)10-2;1-3(5(8)9)2-4(6)7/h2*3-4H2,1-2H3;3H,2H2,1H3,(H,6,7)(H,8,9). The van der Waals surface area contributed by atoms with Crippen molar-refractivity contribution in [3.8, 4) is 0 Å². The molecule has 0 heterocycles. The van der Waals surface area contributed by atoms with Crippen LogP contribution < -0.4 is 0 Å². The van der Waals surface area contributed by atoms with Crippen LogP contribution in [0.2, 0.25) is 0 Å². The predicted octanol–water partition coefficient (Wildman–Crippen LogP) is 0.407. The number of esters is 4. The Kier molecular flexibility index (Phi) is 20.6. The zero-order valence-electron chi connectivity index (χ0n) is 17.1. The molecule has 0 aliphatic carbocycles. The Labute approximate surface area is 168 Å². The van der Waals surface area contributed by atoms with E-state index in [9.17, 15) is 28.8 Å². The van der Waals surface area contributed by atoms with Crippen molar-refractivity contribution in [2.45, 2.75) is 39.0 Å². The molecule has 12 nitrogen and oxygen atoms in total. The Bertz CT molecular complexity index is 477. The maximum absolute atomic E-state index is 10.4. The van der Waals surface area contributed by atoms with Crippen LogP contribution >= 0.6 is 0 Å². The summed E-state index contributed by atoms with van der Waals surface area (Å²) in [6.45, 7) is 1.36. The Morgan fingerprint density at radius 3 is 0.966 bits per heavy atom. The van der Waals surface area contributed by atoms with E-state index < -0.39 is 41.7 Å². The van der Waals surface area contributed by atoms with Crippen molar-refractivity contribution in [2.24, 2.45) is 5.92 Å². The quantitative estimate of drug-likeness (QED) is 0.385. The van der Waals surface area contributed by atoms with Gasteiger partial charge in [-0.05, 0) is 0 Å². The lowest BCUT2D eigenvalue weighted by atomic mass is 10.1. The van der Waals surface area contributed by atoms with Crippen LogP contribution in [0.25, 0.3) is 0 Å². The Balaban J connectivity index is -0.000000350. The summed E-state index contributed by atoms with van der Waals surface area (Å²) in [5.74, 6) is -4.53. The molecule has 29 heavy (non-hydrogen) atoms. The fourth-order valence-corrected chi connectivity index (χ4v) is 1.17. The molecular formula is C17H28O12. The first-order valence-corrected chi connectivity index (χ1v) is 8.16. The van der Waals surface area contributed by atoms with Crippen LogP contribution in [0, 0.1) is 5.92 Å². The summed E-state index contributed by atoms with van der Waals surface area (Å²) in [7, 11) is 5.11. The van der Waals surface area contributed by atoms with E-state index in [1.807, 2.05) is 0 Å². The van der Waals surface area contributed by atoms with E-state index in [1.165, 1.54) is 35.4 Å². The van der Waals surface area contributed by atoms with Gasteiger partial charge in [-0.15, -0.1) is 0 Å². The first kappa shape index (κ1) is 30.5. The minimum absolute atomic E-state index is 0.0865. The third-order valence-corrected chi connectivity index (χ3v) is 2.88. The smallest absolute Gasteiger partial charge is 0.306 e. The molecule has 0 aromatic carbocycles. The van der Waals surface area contributed by atoms with Crippen LogP contribution in [0.15, 0.2) is 0 Å². The lowest BCUT2D eigenvalue weighted by Crippen LogP contribution is -2.13. The normalized spacial score (nSPS) is 9.83. The largest absolute Gasteiger partial charge is 0.481 e. The van der Waals surface area contributed by atoms with Gasteiger partial charge in [0.1, 0.15) is 0 Å². The topological polar surface area (TPSA) is 180 Å². The Morgan fingerprint density at radius 1 is 0.621 bits per heavy atom. The van der Waals surface area contributed by atoms with Gasteiger partial charge in [0.15, 0.2) is 0 Å². The molecule has 0 bridgehead atoms. The molecule has 0 rings (SSSR count). The van der Waals surface area contributed by atoms with Crippen LogP contribution in [-0.4, -0.2) is 74.5 Å². The molecule has 2 N–H and O–H groups in total. The Hall–Kier alpha value is -3.18. The highest BCUT2D eigenvalue weighted by molar-refractivity contribution is 5.78. The molecule has 168 valence electrons. The van der Waals surface area contributed by atoms with Gasteiger partial charge in [-0.3, -0.25) is 28.8 Å². The van der Waals surface area contributed by atoms with Gasteiger partial charge in [-0.25, -0.2) is 0 Å². The second kappa shape index (κ2) is 19.6. The van der Waals surface area contributed by atoms with Gasteiger partial charge in [0.25, 0.3) is 0 Å². The number of carbonyl (C=O) groups is 6. The van der Waals surface area contributed by atoms with Gasteiger partial charge in [0.2, 0.25) is 0 Å². The molecule has 0 aliphatic rings. The van der Waals surface area contributed by atoms with E-state index in [0.717, 1.165) is 0 Å². The number of aliphatic carboxylic acids is 2. The van der Waals surface area contributed by atoms with E-state index in [2.05, 4.69) is 18.9 Å². The van der Waals surface area contributed by atoms with Crippen molar-refractivity contribution in [1.29, 1.82) is 0 Å². The average Bonchev–Trinajstić information content (AvgIpc) is 2.69. The average molecular weight is 424 g/mol. The summed E-state index contributed by atoms with van der Waals surface area (Å²) >= 11 is 0. The first-order valence-electron chi connectivity index (χ1n) is 8.16. The van der Waals surface area contributed by atoms with Crippen LogP contribution in [0.4, 0.5) is 0 Å². The van der Waals surface area contributed by atoms with E-state index in [4.69, 9.17) is 10.2 Å². The van der Waals surface area contributed by atoms with Crippen LogP contribution in [0.1, 0.15) is 39.0 Å². The van der Waals surface area contributed by atoms with Crippen LogP contribution in [-0.2, 0) is 47.7 Å². The van der Waals surface area contributed by atoms with Crippen molar-refractivity contribution >= 4 is 35.8 Å². The highest BCUT2D eigenvalue weighted by Gasteiger charge is 2.13. The third-order valence-electron chi connectivity index (χ3n) is 2.88. The highest BCUT2D eigenvalue weighted by Crippen LogP contribution is 1.99. The molecule has 0 aromatic heterocycles. The van der Waals surface area contributed by atoms with Gasteiger partial charge in [0, 0.05) is 0 Å². The molecule has 0 fully saturated rings. The van der Waals surface area contributed by atoms with Crippen LogP contribution in [0.3, 0.4) is 0 Å². The summed E-state index contributed by atoms with van der Waals surface area (Å²) in [5.41, 5.74) is 0. The monoisotopic (exact) mass is 424 g/mol. The molecule has 0 radical (unpaired) electrons. The number of methoxy groups -OCH3 is 4. The summed E-state index contributed by atoms with van der Waals surface area (Å²) < 4.78 is 17.2. The van der Waals surface area contributed by atoms with E-state index >= 15 is 0 Å². The fraction of sp³-hybridized carbons (Fsp3) is 0.647. The lowest BCUT2D eigenvalue weighted by molar-refractivity contribution is -0.147. The maximum Gasteiger partial charge on any atom is 0.306 e. The zero-order chi connectivity index (χ0) is 23.4. The summed E-state index contributed by atoms with van der Waals surface area (Å²) in [6.07, 6.45) is 0.0357. The zero-order valence-corrected chi connectivity index (χ0v) is 17.1. The Morgan fingerprint density at radius 2 is 0.862 bits per heavy atom. The highest BCUT2D eigenvalue weighted by atomic mass is 16.5. The fourth-order valence-electron chi connectivity index (χ4n) is 1.17. The number of rotatable bonds is 9. The number of hydrogen-bond donors (Lipinski definition) is 2. The van der Waals surface area contributed by atoms with E-state index in [0.29, 0.717) is 0 Å². The molecule has 0 spiro atoms. The van der Waals surface area contributed by atoms with Gasteiger partial charge in [-0.2, -0.15) is 0 Å². The number of carboxylic acids is 2. The van der Waals surface area contributed by atoms with Crippen molar-refractivity contribution < 1.29 is 57.9 Å². The minimum Gasteiger partial charge on any atom is -0.481 e. The van der Waals surface area contributed by atoms with Crippen molar-refractivity contribution in [3.05, 3.63) is 0 Å². The van der Waals surface area contributed by atoms with Gasteiger partial charge < -0.3 is 29.2 Å². The SMILES string of the molecule is CC(CC(=O)O)C(=O)O.COC(=O)CCC(=O)OC.COC(=O)CCC(=O)OC. The molecule has 0 aromatic rings. The number of hydrogen-bond acceptors (Lipinski definition) is 10. The molecule has 0 aliphatic heterocycles. The van der Waals surface area contributed by atoms with Gasteiger partial charge in [0.05, 0.1) is 66.5 Å². The summed E-state index contributed by atoms with van der Waals surface area (Å²) in [5, 5.41) is 16.2. The molecule has 12 heteroatoms. The number of ether oxygens (including phenoxy) is 4. The van der Waals surface area contributed by atoms with Crippen molar-refractivity contribution in [3.63, 3.8) is 0 Å². The number of carboxylic acid groups (broad SMARTS) is 2. The first-order chi connectivity index (χ1) is 13.4. The molecular weight excluding hydrogens is 396 g/mol. The molecule has 0 saturated heterocycles. The molecule has 1 unspecified atom stereocenters. The van der Waals surface area contributed by atoms with E-state index in [1.54, 1.807) is 0 Å². The summed E-state index contributed by atoms with van der Waals surface area (Å²) in [6, 6.07) is 0. The third kappa shape index (κ3) is 24.8. The second-order valence-electron chi connectivity index (χ2n) is 5.14. The minimum atomic E-state index is -1.08. The van der Waals surface area contributed by atoms with E-state index in [-0.39, 0.29) is 32.1 Å². The lowest BCUT2D eigenvalue weighted by Gasteiger charge is -1.98.